The second-order valence-corrected chi connectivity index (χ2v) is 3.85. The molecule has 0 aromatic heterocycles. The predicted octanol–water partition coefficient (Wildman–Crippen LogP) is 2.90. The maximum atomic E-state index is 12.4. The number of halogens is 4. The fraction of sp³-hybridized carbons (Fsp3) is 0.364. The summed E-state index contributed by atoms with van der Waals surface area (Å²) in [5.74, 6) is -0.515. The molecule has 2 nitrogen and oxygen atoms in total. The van der Waals surface area contributed by atoms with E-state index in [1.165, 1.54) is 24.1 Å². The molecule has 0 unspecified atom stereocenters. The highest BCUT2D eigenvalue weighted by Gasteiger charge is 2.30. The molecule has 1 amide bonds. The summed E-state index contributed by atoms with van der Waals surface area (Å²) in [6.45, 7) is 0.107. The van der Waals surface area contributed by atoms with Crippen molar-refractivity contribution in [3.63, 3.8) is 0 Å². The average molecular weight is 266 g/mol. The van der Waals surface area contributed by atoms with Gasteiger partial charge in [-0.2, -0.15) is 13.2 Å². The van der Waals surface area contributed by atoms with Gasteiger partial charge in [0, 0.05) is 13.6 Å². The molecule has 1 aromatic rings. The summed E-state index contributed by atoms with van der Waals surface area (Å²) >= 11 is 5.35. The van der Waals surface area contributed by atoms with Gasteiger partial charge in [0.25, 0.3) is 0 Å². The van der Waals surface area contributed by atoms with Crippen LogP contribution in [0.1, 0.15) is 11.1 Å². The fourth-order valence-corrected chi connectivity index (χ4v) is 1.51. The Morgan fingerprint density at radius 2 is 2.06 bits per heavy atom. The molecular weight excluding hydrogens is 255 g/mol. The first kappa shape index (κ1) is 13.8. The van der Waals surface area contributed by atoms with Crippen LogP contribution in [0, 0.1) is 0 Å². The summed E-state index contributed by atoms with van der Waals surface area (Å²) in [5.41, 5.74) is -0.303. The van der Waals surface area contributed by atoms with Crippen molar-refractivity contribution in [1.82, 2.24) is 4.90 Å². The maximum absolute atomic E-state index is 12.4. The third-order valence-electron chi connectivity index (χ3n) is 2.21. The van der Waals surface area contributed by atoms with E-state index in [1.807, 2.05) is 0 Å². The lowest BCUT2D eigenvalue weighted by molar-refractivity contribution is -0.137. The van der Waals surface area contributed by atoms with Gasteiger partial charge in [-0.3, -0.25) is 4.79 Å². The van der Waals surface area contributed by atoms with Crippen LogP contribution in [-0.2, 0) is 17.5 Å². The molecule has 0 bridgehead atoms. The number of hydrogen-bond acceptors (Lipinski definition) is 1. The van der Waals surface area contributed by atoms with Crippen molar-refractivity contribution in [2.45, 2.75) is 12.7 Å². The fourth-order valence-electron chi connectivity index (χ4n) is 1.31. The number of alkyl halides is 4. The first-order valence-electron chi connectivity index (χ1n) is 4.80. The molecule has 0 saturated heterocycles. The third kappa shape index (κ3) is 3.93. The van der Waals surface area contributed by atoms with E-state index in [9.17, 15) is 18.0 Å². The molecule has 1 rings (SSSR count). The molecule has 0 N–H and O–H groups in total. The van der Waals surface area contributed by atoms with Crippen molar-refractivity contribution in [3.05, 3.63) is 35.4 Å². The number of nitrogens with zero attached hydrogens (tertiary/aromatic N) is 1. The van der Waals surface area contributed by atoms with Crippen LogP contribution in [0.3, 0.4) is 0 Å². The van der Waals surface area contributed by atoms with Crippen LogP contribution in [0.2, 0.25) is 0 Å². The number of rotatable bonds is 3. The predicted molar refractivity (Wildman–Crippen MR) is 58.6 cm³/mol. The quantitative estimate of drug-likeness (QED) is 0.770. The minimum atomic E-state index is -4.37. The molecule has 0 fully saturated rings. The summed E-state index contributed by atoms with van der Waals surface area (Å²) in [7, 11) is 1.49. The first-order valence-corrected chi connectivity index (χ1v) is 5.34. The largest absolute Gasteiger partial charge is 0.416 e. The number of benzene rings is 1. The second-order valence-electron chi connectivity index (χ2n) is 3.58. The van der Waals surface area contributed by atoms with E-state index in [0.717, 1.165) is 12.1 Å². The zero-order valence-electron chi connectivity index (χ0n) is 9.09. The molecule has 0 aliphatic rings. The van der Waals surface area contributed by atoms with Crippen LogP contribution < -0.4 is 0 Å². The van der Waals surface area contributed by atoms with E-state index >= 15 is 0 Å². The summed E-state index contributed by atoms with van der Waals surface area (Å²) in [6.07, 6.45) is -4.37. The van der Waals surface area contributed by atoms with Gasteiger partial charge in [0.2, 0.25) is 5.91 Å². The molecule has 1 aromatic carbocycles. The monoisotopic (exact) mass is 265 g/mol. The molecule has 0 radical (unpaired) electrons. The van der Waals surface area contributed by atoms with Crippen LogP contribution in [0.4, 0.5) is 13.2 Å². The molecule has 94 valence electrons. The highest BCUT2D eigenvalue weighted by Crippen LogP contribution is 2.29. The van der Waals surface area contributed by atoms with Crippen LogP contribution in [-0.4, -0.2) is 23.7 Å². The smallest absolute Gasteiger partial charge is 0.340 e. The Bertz CT molecular complexity index is 406. The Hall–Kier alpha value is -1.23. The van der Waals surface area contributed by atoms with Gasteiger partial charge in [-0.15, -0.1) is 11.6 Å². The SMILES string of the molecule is CN(Cc1cccc(C(F)(F)F)c1)C(=O)CCl. The minimum absolute atomic E-state index is 0.107. The van der Waals surface area contributed by atoms with Crippen LogP contribution in [0.5, 0.6) is 0 Å². The summed E-state index contributed by atoms with van der Waals surface area (Å²) in [4.78, 5) is 12.4. The van der Waals surface area contributed by atoms with Crippen molar-refractivity contribution in [3.8, 4) is 0 Å². The van der Waals surface area contributed by atoms with Crippen LogP contribution in [0.15, 0.2) is 24.3 Å². The Balaban J connectivity index is 2.83. The van der Waals surface area contributed by atoms with Gasteiger partial charge in [-0.1, -0.05) is 12.1 Å². The Morgan fingerprint density at radius 3 is 2.59 bits per heavy atom. The van der Waals surface area contributed by atoms with Gasteiger partial charge in [0.05, 0.1) is 5.56 Å². The first-order chi connectivity index (χ1) is 7.84. The van der Waals surface area contributed by atoms with E-state index in [2.05, 4.69) is 0 Å². The second kappa shape index (κ2) is 5.40. The Morgan fingerprint density at radius 1 is 1.41 bits per heavy atom. The molecule has 0 saturated carbocycles. The molecule has 0 aliphatic carbocycles. The topological polar surface area (TPSA) is 20.3 Å². The van der Waals surface area contributed by atoms with Gasteiger partial charge in [0.15, 0.2) is 0 Å². The van der Waals surface area contributed by atoms with Crippen molar-refractivity contribution < 1.29 is 18.0 Å². The summed E-state index contributed by atoms with van der Waals surface area (Å²) in [6, 6.07) is 4.87. The summed E-state index contributed by atoms with van der Waals surface area (Å²) < 4.78 is 37.3. The van der Waals surface area contributed by atoms with E-state index in [4.69, 9.17) is 11.6 Å². The zero-order chi connectivity index (χ0) is 13.1. The number of amides is 1. The molecular formula is C11H11ClF3NO. The van der Waals surface area contributed by atoms with E-state index in [1.54, 1.807) is 0 Å². The molecule has 0 spiro atoms. The zero-order valence-corrected chi connectivity index (χ0v) is 9.85. The maximum Gasteiger partial charge on any atom is 0.416 e. The number of hydrogen-bond donors (Lipinski definition) is 0. The lowest BCUT2D eigenvalue weighted by Gasteiger charge is -2.16. The standard InChI is InChI=1S/C11H11ClF3NO/c1-16(10(17)6-12)7-8-3-2-4-9(5-8)11(13,14)15/h2-5H,6-7H2,1H3. The lowest BCUT2D eigenvalue weighted by atomic mass is 10.1. The van der Waals surface area contributed by atoms with Gasteiger partial charge in [0.1, 0.15) is 5.88 Å². The number of carbonyl (C=O) groups excluding carboxylic acids is 1. The van der Waals surface area contributed by atoms with Crippen molar-refractivity contribution in [1.29, 1.82) is 0 Å². The molecule has 17 heavy (non-hydrogen) atoms. The van der Waals surface area contributed by atoms with Gasteiger partial charge < -0.3 is 4.90 Å². The highest BCUT2D eigenvalue weighted by atomic mass is 35.5. The van der Waals surface area contributed by atoms with Crippen molar-refractivity contribution in [2.75, 3.05) is 12.9 Å². The third-order valence-corrected chi connectivity index (χ3v) is 2.44. The average Bonchev–Trinajstić information content (AvgIpc) is 2.27. The molecule has 0 aliphatic heterocycles. The lowest BCUT2D eigenvalue weighted by Crippen LogP contribution is -2.27. The van der Waals surface area contributed by atoms with Crippen LogP contribution in [0.25, 0.3) is 0 Å². The minimum Gasteiger partial charge on any atom is -0.340 e. The molecule has 0 heterocycles. The van der Waals surface area contributed by atoms with E-state index in [0.29, 0.717) is 5.56 Å². The Labute approximate surface area is 102 Å². The highest BCUT2D eigenvalue weighted by molar-refractivity contribution is 6.27. The van der Waals surface area contributed by atoms with Gasteiger partial charge in [-0.25, -0.2) is 0 Å². The van der Waals surface area contributed by atoms with E-state index in [-0.39, 0.29) is 18.3 Å². The normalized spacial score (nSPS) is 11.4. The molecule has 6 heteroatoms. The van der Waals surface area contributed by atoms with Gasteiger partial charge in [-0.05, 0) is 17.7 Å². The summed E-state index contributed by atoms with van der Waals surface area (Å²) in [5, 5.41) is 0. The van der Waals surface area contributed by atoms with Crippen molar-refractivity contribution >= 4 is 17.5 Å². The van der Waals surface area contributed by atoms with Gasteiger partial charge >= 0.3 is 6.18 Å². The Kier molecular flexibility index (Phi) is 4.40. The van der Waals surface area contributed by atoms with E-state index < -0.39 is 11.7 Å². The van der Waals surface area contributed by atoms with Crippen LogP contribution >= 0.6 is 11.6 Å². The van der Waals surface area contributed by atoms with Crippen molar-refractivity contribution in [2.24, 2.45) is 0 Å². The molecule has 0 atom stereocenters. The number of carbonyl (C=O) groups is 1.